The van der Waals surface area contributed by atoms with Crippen LogP contribution in [-0.2, 0) is 6.42 Å². The maximum atomic E-state index is 5.28. The van der Waals surface area contributed by atoms with E-state index in [9.17, 15) is 0 Å². The van der Waals surface area contributed by atoms with Gasteiger partial charge in [0.05, 0.1) is 7.11 Å². The van der Waals surface area contributed by atoms with Crippen LogP contribution in [0.4, 0.5) is 0 Å². The first-order chi connectivity index (χ1) is 8.80. The molecule has 0 aliphatic carbocycles. The summed E-state index contributed by atoms with van der Waals surface area (Å²) in [7, 11) is 3.76. The van der Waals surface area contributed by atoms with Gasteiger partial charge in [-0.05, 0) is 61.6 Å². The average Bonchev–Trinajstić information content (AvgIpc) is 2.39. The van der Waals surface area contributed by atoms with Crippen molar-refractivity contribution in [3.63, 3.8) is 0 Å². The zero-order chi connectivity index (χ0) is 13.2. The van der Waals surface area contributed by atoms with Crippen molar-refractivity contribution in [2.24, 2.45) is 5.92 Å². The Balaban J connectivity index is 2.52. The monoisotopic (exact) mass is 267 g/mol. The zero-order valence-corrected chi connectivity index (χ0v) is 12.6. The lowest BCUT2D eigenvalue weighted by atomic mass is 9.97. The predicted molar refractivity (Wildman–Crippen MR) is 81.7 cm³/mol. The lowest BCUT2D eigenvalue weighted by molar-refractivity contribution is 0.413. The summed E-state index contributed by atoms with van der Waals surface area (Å²) in [5, 5.41) is 3.30. The fourth-order valence-corrected chi connectivity index (χ4v) is 2.88. The van der Waals surface area contributed by atoms with Gasteiger partial charge in [0.15, 0.2) is 0 Å². The Hall–Kier alpha value is -0.670. The van der Waals surface area contributed by atoms with Crippen LogP contribution in [-0.4, -0.2) is 32.2 Å². The van der Waals surface area contributed by atoms with Crippen molar-refractivity contribution >= 4 is 11.8 Å². The lowest BCUT2D eigenvalue weighted by Crippen LogP contribution is -2.21. The van der Waals surface area contributed by atoms with Crippen LogP contribution < -0.4 is 10.1 Å². The van der Waals surface area contributed by atoms with Gasteiger partial charge in [-0.2, -0.15) is 11.8 Å². The van der Waals surface area contributed by atoms with E-state index >= 15 is 0 Å². The normalized spacial score (nSPS) is 12.4. The van der Waals surface area contributed by atoms with Crippen molar-refractivity contribution < 1.29 is 4.74 Å². The third-order valence-corrected chi connectivity index (χ3v) is 3.96. The number of hydrogen-bond donors (Lipinski definition) is 1. The molecule has 0 heterocycles. The van der Waals surface area contributed by atoms with Gasteiger partial charge >= 0.3 is 0 Å². The Labute approximate surface area is 116 Å². The average molecular weight is 267 g/mol. The minimum absolute atomic E-state index is 0.709. The number of methoxy groups -OCH3 is 1. The van der Waals surface area contributed by atoms with E-state index < -0.39 is 0 Å². The maximum Gasteiger partial charge on any atom is 0.119 e. The summed E-state index contributed by atoms with van der Waals surface area (Å²) in [6.45, 7) is 3.31. The van der Waals surface area contributed by atoms with E-state index in [0.29, 0.717) is 5.92 Å². The molecule has 1 N–H and O–H groups in total. The number of rotatable bonds is 9. The SMILES string of the molecule is CCSCCC(CNC)Cc1cccc(OC)c1. The van der Waals surface area contributed by atoms with Crippen molar-refractivity contribution in [1.82, 2.24) is 5.32 Å². The quantitative estimate of drug-likeness (QED) is 0.694. The van der Waals surface area contributed by atoms with E-state index in [1.807, 2.05) is 24.9 Å². The van der Waals surface area contributed by atoms with Crippen molar-refractivity contribution in [3.05, 3.63) is 29.8 Å². The van der Waals surface area contributed by atoms with Crippen molar-refractivity contribution in [3.8, 4) is 5.75 Å². The van der Waals surface area contributed by atoms with Gasteiger partial charge in [0.1, 0.15) is 5.75 Å². The van der Waals surface area contributed by atoms with E-state index in [0.717, 1.165) is 18.7 Å². The van der Waals surface area contributed by atoms with Gasteiger partial charge in [0.25, 0.3) is 0 Å². The molecule has 2 nitrogen and oxygen atoms in total. The van der Waals surface area contributed by atoms with Gasteiger partial charge in [0.2, 0.25) is 0 Å². The van der Waals surface area contributed by atoms with E-state index in [1.165, 1.54) is 23.5 Å². The van der Waals surface area contributed by atoms with Crippen molar-refractivity contribution in [1.29, 1.82) is 0 Å². The van der Waals surface area contributed by atoms with Gasteiger partial charge < -0.3 is 10.1 Å². The second-order valence-corrected chi connectivity index (χ2v) is 5.86. The molecule has 3 heteroatoms. The number of thioether (sulfide) groups is 1. The predicted octanol–water partition coefficient (Wildman–Crippen LogP) is 3.22. The second kappa shape index (κ2) is 9.29. The Bertz CT molecular complexity index is 330. The molecule has 0 aliphatic heterocycles. The highest BCUT2D eigenvalue weighted by Crippen LogP contribution is 2.18. The lowest BCUT2D eigenvalue weighted by Gasteiger charge is -2.16. The first-order valence-electron chi connectivity index (χ1n) is 6.65. The Morgan fingerprint density at radius 3 is 2.89 bits per heavy atom. The molecule has 1 aromatic carbocycles. The Morgan fingerprint density at radius 2 is 2.22 bits per heavy atom. The van der Waals surface area contributed by atoms with Crippen LogP contribution >= 0.6 is 11.8 Å². The molecule has 0 saturated carbocycles. The molecule has 0 radical (unpaired) electrons. The summed E-state index contributed by atoms with van der Waals surface area (Å²) in [5.74, 6) is 4.14. The summed E-state index contributed by atoms with van der Waals surface area (Å²) in [6, 6.07) is 8.42. The number of nitrogens with one attached hydrogen (secondary N) is 1. The minimum Gasteiger partial charge on any atom is -0.497 e. The molecular formula is C15H25NOS. The molecule has 1 atom stereocenters. The molecule has 1 aromatic rings. The molecule has 1 rings (SSSR count). The smallest absolute Gasteiger partial charge is 0.119 e. The fourth-order valence-electron chi connectivity index (χ4n) is 2.09. The molecule has 18 heavy (non-hydrogen) atoms. The van der Waals surface area contributed by atoms with Crippen LogP contribution in [0.5, 0.6) is 5.75 Å². The van der Waals surface area contributed by atoms with Gasteiger partial charge in [-0.15, -0.1) is 0 Å². The molecule has 102 valence electrons. The van der Waals surface area contributed by atoms with Crippen molar-refractivity contribution in [2.75, 3.05) is 32.2 Å². The summed E-state index contributed by atoms with van der Waals surface area (Å²) in [4.78, 5) is 0. The summed E-state index contributed by atoms with van der Waals surface area (Å²) >= 11 is 2.03. The van der Waals surface area contributed by atoms with Gasteiger partial charge in [-0.1, -0.05) is 19.1 Å². The molecule has 0 aliphatic rings. The number of benzene rings is 1. The van der Waals surface area contributed by atoms with Crippen LogP contribution in [0.1, 0.15) is 18.9 Å². The third-order valence-electron chi connectivity index (χ3n) is 3.03. The largest absolute Gasteiger partial charge is 0.497 e. The Morgan fingerprint density at radius 1 is 1.39 bits per heavy atom. The number of ether oxygens (including phenoxy) is 1. The summed E-state index contributed by atoms with van der Waals surface area (Å²) < 4.78 is 5.28. The van der Waals surface area contributed by atoms with Gasteiger partial charge in [-0.25, -0.2) is 0 Å². The molecule has 0 aromatic heterocycles. The number of hydrogen-bond acceptors (Lipinski definition) is 3. The summed E-state index contributed by atoms with van der Waals surface area (Å²) in [6.07, 6.45) is 2.40. The maximum absolute atomic E-state index is 5.28. The molecule has 1 unspecified atom stereocenters. The topological polar surface area (TPSA) is 21.3 Å². The first-order valence-corrected chi connectivity index (χ1v) is 7.80. The van der Waals surface area contributed by atoms with E-state index in [-0.39, 0.29) is 0 Å². The van der Waals surface area contributed by atoms with Crippen LogP contribution in [0, 0.1) is 5.92 Å². The standard InChI is InChI=1S/C15H25NOS/c1-4-18-9-8-14(12-16-2)10-13-6-5-7-15(11-13)17-3/h5-7,11,14,16H,4,8-10,12H2,1-3H3. The molecule has 0 spiro atoms. The Kier molecular flexibility index (Phi) is 7.94. The molecular weight excluding hydrogens is 242 g/mol. The highest BCUT2D eigenvalue weighted by atomic mass is 32.2. The first kappa shape index (κ1) is 15.4. The van der Waals surface area contributed by atoms with Crippen LogP contribution in [0.2, 0.25) is 0 Å². The van der Waals surface area contributed by atoms with Crippen LogP contribution in [0.15, 0.2) is 24.3 Å². The molecule has 0 saturated heterocycles. The van der Waals surface area contributed by atoms with Gasteiger partial charge in [-0.3, -0.25) is 0 Å². The highest BCUT2D eigenvalue weighted by molar-refractivity contribution is 7.99. The third kappa shape index (κ3) is 5.78. The van der Waals surface area contributed by atoms with E-state index in [1.54, 1.807) is 7.11 Å². The van der Waals surface area contributed by atoms with Gasteiger partial charge in [0, 0.05) is 0 Å². The summed E-state index contributed by atoms with van der Waals surface area (Å²) in [5.41, 5.74) is 1.37. The zero-order valence-electron chi connectivity index (χ0n) is 11.7. The van der Waals surface area contributed by atoms with Crippen LogP contribution in [0.3, 0.4) is 0 Å². The van der Waals surface area contributed by atoms with E-state index in [4.69, 9.17) is 4.74 Å². The minimum atomic E-state index is 0.709. The van der Waals surface area contributed by atoms with E-state index in [2.05, 4.69) is 30.4 Å². The molecule has 0 bridgehead atoms. The van der Waals surface area contributed by atoms with Crippen LogP contribution in [0.25, 0.3) is 0 Å². The fraction of sp³-hybridized carbons (Fsp3) is 0.600. The van der Waals surface area contributed by atoms with Crippen molar-refractivity contribution in [2.45, 2.75) is 19.8 Å². The molecule has 0 amide bonds. The molecule has 0 fully saturated rings. The highest BCUT2D eigenvalue weighted by Gasteiger charge is 2.09. The second-order valence-electron chi connectivity index (χ2n) is 4.46.